The largest absolute Gasteiger partial charge is 0.462 e. The van der Waals surface area contributed by atoms with Crippen molar-refractivity contribution < 1.29 is 72.3 Å². The molecule has 1 spiro atoms. The zero-order chi connectivity index (χ0) is 47.5. The van der Waals surface area contributed by atoms with Crippen LogP contribution in [0.4, 0.5) is 0 Å². The van der Waals surface area contributed by atoms with Crippen molar-refractivity contribution in [2.45, 2.75) is 191 Å². The van der Waals surface area contributed by atoms with Gasteiger partial charge in [0.1, 0.15) is 42.0 Å². The lowest BCUT2D eigenvalue weighted by molar-refractivity contribution is -0.321. The van der Waals surface area contributed by atoms with E-state index in [4.69, 9.17) is 57.3 Å². The minimum absolute atomic E-state index is 0.0247. The normalized spacial score (nSPS) is 44.9. The van der Waals surface area contributed by atoms with Gasteiger partial charge in [0.25, 0.3) is 0 Å². The number of fused-ring (bicyclic) bond motifs is 2. The number of carbonyl (C=O) groups is 1. The number of aliphatic hydroxyl groups excluding tert-OH is 2. The molecule has 0 radical (unpaired) electrons. The molecule has 1 aliphatic carbocycles. The van der Waals surface area contributed by atoms with Crippen molar-refractivity contribution in [2.75, 3.05) is 27.4 Å². The van der Waals surface area contributed by atoms with Crippen LogP contribution in [-0.4, -0.2) is 152 Å². The van der Waals surface area contributed by atoms with Crippen LogP contribution in [0.5, 0.6) is 0 Å². The van der Waals surface area contributed by atoms with Crippen LogP contribution in [0.2, 0.25) is 0 Å². The molecule has 0 aromatic rings. The smallest absolute Gasteiger partial charge is 0.316 e. The first-order valence-corrected chi connectivity index (χ1v) is 24.0. The molecule has 4 saturated heterocycles. The lowest BCUT2D eigenvalue weighted by Gasteiger charge is -2.48. The van der Waals surface area contributed by atoms with E-state index in [1.165, 1.54) is 6.21 Å². The number of hydrogen-bond acceptors (Lipinski definition) is 16. The van der Waals surface area contributed by atoms with Gasteiger partial charge < -0.3 is 67.5 Å². The van der Waals surface area contributed by atoms with Crippen molar-refractivity contribution >= 4 is 12.2 Å². The molecule has 0 amide bonds. The molecule has 7 rings (SSSR count). The van der Waals surface area contributed by atoms with Gasteiger partial charge in [-0.15, -0.1) is 0 Å². The predicted molar refractivity (Wildman–Crippen MR) is 242 cm³/mol. The van der Waals surface area contributed by atoms with Gasteiger partial charge in [-0.25, -0.2) is 0 Å². The van der Waals surface area contributed by atoms with Crippen molar-refractivity contribution in [1.29, 1.82) is 0 Å². The number of allylic oxidation sites excluding steroid dienone is 2. The van der Waals surface area contributed by atoms with Gasteiger partial charge in [0.05, 0.1) is 56.1 Å². The number of methoxy groups -OCH3 is 2. The molecule has 3 N–H and O–H groups in total. The zero-order valence-electron chi connectivity index (χ0n) is 40.4. The van der Waals surface area contributed by atoms with Gasteiger partial charge in [0, 0.05) is 51.7 Å². The summed E-state index contributed by atoms with van der Waals surface area (Å²) in [7, 11) is 3.25. The Labute approximate surface area is 390 Å². The quantitative estimate of drug-likeness (QED) is 0.104. The number of oxime groups is 1. The summed E-state index contributed by atoms with van der Waals surface area (Å²) in [4.78, 5) is 20.0. The van der Waals surface area contributed by atoms with Gasteiger partial charge >= 0.3 is 5.97 Å². The first kappa shape index (κ1) is 51.0. The topological polar surface area (TPSA) is 192 Å². The van der Waals surface area contributed by atoms with E-state index in [0.29, 0.717) is 36.8 Å². The molecule has 6 aliphatic heterocycles. The average Bonchev–Trinajstić information content (AvgIpc) is 3.63. The highest BCUT2D eigenvalue weighted by molar-refractivity contribution is 5.78. The molecule has 7 aliphatic rings. The Balaban J connectivity index is 1.15. The van der Waals surface area contributed by atoms with Crippen LogP contribution in [0.3, 0.4) is 0 Å². The van der Waals surface area contributed by atoms with Crippen molar-refractivity contribution in [3.63, 3.8) is 0 Å². The highest BCUT2D eigenvalue weighted by Crippen LogP contribution is 2.47. The molecule has 66 heavy (non-hydrogen) atoms. The molecule has 0 saturated carbocycles. The maximum Gasteiger partial charge on any atom is 0.316 e. The summed E-state index contributed by atoms with van der Waals surface area (Å²) in [5.74, 6) is -2.61. The number of aliphatic hydroxyl groups is 3. The monoisotopic (exact) mass is 930 g/mol. The van der Waals surface area contributed by atoms with Gasteiger partial charge in [-0.3, -0.25) is 4.79 Å². The van der Waals surface area contributed by atoms with E-state index in [2.05, 4.69) is 45.0 Å². The molecular formula is C50H75NO15. The van der Waals surface area contributed by atoms with Gasteiger partial charge in [-0.05, 0) is 62.8 Å². The van der Waals surface area contributed by atoms with Crippen molar-refractivity contribution in [2.24, 2.45) is 28.8 Å². The Bertz CT molecular complexity index is 1850. The first-order valence-electron chi connectivity index (χ1n) is 24.0. The maximum atomic E-state index is 14.4. The summed E-state index contributed by atoms with van der Waals surface area (Å²) in [6.45, 7) is 15.9. The molecule has 6 heterocycles. The summed E-state index contributed by atoms with van der Waals surface area (Å²) in [6, 6.07) is 0. The zero-order valence-corrected chi connectivity index (χ0v) is 40.4. The predicted octanol–water partition coefficient (Wildman–Crippen LogP) is 5.38. The Morgan fingerprint density at radius 3 is 2.32 bits per heavy atom. The Hall–Kier alpha value is -2.84. The van der Waals surface area contributed by atoms with E-state index in [-0.39, 0.29) is 49.6 Å². The SMILES string of the molecule is CCC(C)[C@H]1O[C@]2(C=C[C@@H]1C)C[C@@H]1C[C@@H](CC=C(C)[C@@H](O[C@H]3C[C@H](OC)[C@@H](O[C@H]4C[C@H](OC)[C@@H](ON=CCO)[C@H](C)O4)[C@H](C)O3)[C@@H](C)C=CC=C3CO[C@@H]4[C@H](O)C(C)=C[C@@H](C(=O)O1)[C@]34O)O2. The molecule has 20 atom stereocenters. The fraction of sp³-hybridized carbons (Fsp3) is 0.760. The highest BCUT2D eigenvalue weighted by atomic mass is 16.7. The molecule has 0 aromatic heterocycles. The number of hydrogen-bond donors (Lipinski definition) is 3. The van der Waals surface area contributed by atoms with E-state index < -0.39 is 96.9 Å². The molecule has 0 aromatic carbocycles. The van der Waals surface area contributed by atoms with Crippen LogP contribution in [0.25, 0.3) is 0 Å². The third-order valence-corrected chi connectivity index (χ3v) is 14.8. The fourth-order valence-electron chi connectivity index (χ4n) is 10.8. The molecule has 16 heteroatoms. The fourth-order valence-corrected chi connectivity index (χ4v) is 10.8. The van der Waals surface area contributed by atoms with E-state index >= 15 is 0 Å². The second-order valence-corrected chi connectivity index (χ2v) is 19.5. The second kappa shape index (κ2) is 21.8. The minimum Gasteiger partial charge on any atom is -0.462 e. The van der Waals surface area contributed by atoms with Crippen LogP contribution in [-0.2, 0) is 57.0 Å². The Kier molecular flexibility index (Phi) is 16.9. The standard InChI is InChI=1S/C50H75NO15/c1-11-27(2)44-30(5)17-18-49(65-44)25-36-22-35(64-49)16-15-29(4)43(28(3)13-12-14-34-26-58-47-42(53)31(6)21-37(48(54)61-36)50(34,47)55)62-40-23-38(56-9)45(32(7)59-40)63-41-24-39(57-10)46(33(8)60-41)66-51-19-20-52/h12-15,17-19,21,27-28,30,32-33,35-47,52-53,55H,11,16,20,22-26H2,1-10H3/t27?,28-,30-,32-,33-,35+,36-,37-,38-,39-,40-,41-,42+,43-,44+,45-,46-,47+,49+,50+/m0/s1. The number of nitrogens with zero attached hydrogens (tertiary/aromatic N) is 1. The first-order chi connectivity index (χ1) is 31.5. The van der Waals surface area contributed by atoms with Gasteiger partial charge in [0.2, 0.25) is 0 Å². The van der Waals surface area contributed by atoms with Gasteiger partial charge in [0.15, 0.2) is 24.5 Å². The number of ether oxygens (including phenoxy) is 10. The van der Waals surface area contributed by atoms with E-state index in [1.807, 2.05) is 39.0 Å². The molecule has 2 bridgehead atoms. The number of rotatable bonds is 11. The number of carbonyl (C=O) groups excluding carboxylic acids is 1. The summed E-state index contributed by atoms with van der Waals surface area (Å²) in [6.07, 6.45) is 9.96. The van der Waals surface area contributed by atoms with Crippen molar-refractivity contribution in [3.05, 3.63) is 59.3 Å². The van der Waals surface area contributed by atoms with Crippen molar-refractivity contribution in [3.8, 4) is 0 Å². The lowest BCUT2D eigenvalue weighted by Crippen LogP contribution is -2.58. The van der Waals surface area contributed by atoms with E-state index in [9.17, 15) is 15.0 Å². The van der Waals surface area contributed by atoms with E-state index in [1.54, 1.807) is 33.3 Å². The highest BCUT2D eigenvalue weighted by Gasteiger charge is 2.60. The average molecular weight is 930 g/mol. The minimum atomic E-state index is -1.84. The second-order valence-electron chi connectivity index (χ2n) is 19.5. The molecular weight excluding hydrogens is 855 g/mol. The third-order valence-electron chi connectivity index (χ3n) is 14.8. The summed E-state index contributed by atoms with van der Waals surface area (Å²) < 4.78 is 64.4. The van der Waals surface area contributed by atoms with E-state index in [0.717, 1.165) is 12.0 Å². The summed E-state index contributed by atoms with van der Waals surface area (Å²) in [5, 5.41) is 36.7. The van der Waals surface area contributed by atoms with Crippen LogP contribution >= 0.6 is 0 Å². The third kappa shape index (κ3) is 10.8. The lowest BCUT2D eigenvalue weighted by atomic mass is 9.71. The van der Waals surface area contributed by atoms with Crippen LogP contribution in [0, 0.1) is 23.7 Å². The van der Waals surface area contributed by atoms with Gasteiger partial charge in [-0.2, -0.15) is 0 Å². The summed E-state index contributed by atoms with van der Waals surface area (Å²) >= 11 is 0. The maximum absolute atomic E-state index is 14.4. The Morgan fingerprint density at radius 2 is 1.62 bits per heavy atom. The Morgan fingerprint density at radius 1 is 0.924 bits per heavy atom. The number of esters is 1. The molecule has 1 unspecified atom stereocenters. The van der Waals surface area contributed by atoms with Gasteiger partial charge in [-0.1, -0.05) is 75.7 Å². The van der Waals surface area contributed by atoms with Crippen LogP contribution in [0.1, 0.15) is 93.9 Å². The van der Waals surface area contributed by atoms with Crippen molar-refractivity contribution in [1.82, 2.24) is 0 Å². The van der Waals surface area contributed by atoms with Crippen LogP contribution in [0.15, 0.2) is 64.4 Å². The summed E-state index contributed by atoms with van der Waals surface area (Å²) in [5.41, 5.74) is 0.106. The molecule has 16 nitrogen and oxygen atoms in total. The van der Waals surface area contributed by atoms with Crippen LogP contribution < -0.4 is 0 Å². The molecule has 4 fully saturated rings. The molecule has 370 valence electrons.